The van der Waals surface area contributed by atoms with Crippen molar-refractivity contribution in [1.29, 1.82) is 0 Å². The molecule has 1 amide bonds. The summed E-state index contributed by atoms with van der Waals surface area (Å²) in [6, 6.07) is 16.7. The number of nitrogens with zero attached hydrogens (tertiary/aromatic N) is 5. The summed E-state index contributed by atoms with van der Waals surface area (Å²) in [6.07, 6.45) is 6.60. The van der Waals surface area contributed by atoms with Crippen LogP contribution in [0.25, 0.3) is 11.5 Å². The Morgan fingerprint density at radius 3 is 2.57 bits per heavy atom. The zero-order valence-electron chi connectivity index (χ0n) is 26.2. The quantitative estimate of drug-likeness (QED) is 0.118. The number of aliphatic carboxylic acids is 1. The molecular formula is C33H41N7O6. The highest BCUT2D eigenvalue weighted by molar-refractivity contribution is 5.95. The highest BCUT2D eigenvalue weighted by atomic mass is 16.5. The van der Waals surface area contributed by atoms with Gasteiger partial charge in [-0.25, -0.2) is 14.8 Å². The molecular weight excluding hydrogens is 590 g/mol. The van der Waals surface area contributed by atoms with Crippen molar-refractivity contribution in [3.8, 4) is 17.3 Å². The zero-order chi connectivity index (χ0) is 32.6. The van der Waals surface area contributed by atoms with Gasteiger partial charge in [0.1, 0.15) is 24.4 Å². The molecule has 2 aromatic heterocycles. The van der Waals surface area contributed by atoms with Gasteiger partial charge in [-0.05, 0) is 74.6 Å². The number of hydrogen-bond acceptors (Lipinski definition) is 10. The van der Waals surface area contributed by atoms with Crippen molar-refractivity contribution in [3.63, 3.8) is 0 Å². The van der Waals surface area contributed by atoms with E-state index in [0.29, 0.717) is 56.5 Å². The number of unbranched alkanes of at least 4 members (excludes halogenated alkanes) is 2. The molecule has 0 radical (unpaired) electrons. The van der Waals surface area contributed by atoms with Gasteiger partial charge in [-0.15, -0.1) is 10.2 Å². The van der Waals surface area contributed by atoms with Crippen LogP contribution in [0, 0.1) is 0 Å². The minimum atomic E-state index is -0.964. The summed E-state index contributed by atoms with van der Waals surface area (Å²) in [7, 11) is 1.88. The molecule has 1 unspecified atom stereocenters. The van der Waals surface area contributed by atoms with Crippen molar-refractivity contribution in [3.05, 3.63) is 84.1 Å². The fourth-order valence-corrected chi connectivity index (χ4v) is 4.55. The zero-order valence-corrected chi connectivity index (χ0v) is 26.2. The van der Waals surface area contributed by atoms with Crippen LogP contribution in [-0.4, -0.2) is 74.7 Å². The molecule has 0 bridgehead atoms. The van der Waals surface area contributed by atoms with Crippen molar-refractivity contribution in [2.45, 2.75) is 45.2 Å². The Balaban J connectivity index is 1.17. The van der Waals surface area contributed by atoms with E-state index in [9.17, 15) is 9.59 Å². The molecule has 13 nitrogen and oxygen atoms in total. The van der Waals surface area contributed by atoms with Crippen molar-refractivity contribution in [2.24, 2.45) is 7.05 Å². The number of nitrogens with one attached hydrogen (secondary N) is 2. The topological polar surface area (TPSA) is 163 Å². The summed E-state index contributed by atoms with van der Waals surface area (Å²) >= 11 is 0. The first-order valence-electron chi connectivity index (χ1n) is 15.3. The van der Waals surface area contributed by atoms with E-state index >= 15 is 0 Å². The van der Waals surface area contributed by atoms with E-state index in [4.69, 9.17) is 19.3 Å². The molecule has 244 valence electrons. The normalized spacial score (nSPS) is 11.6. The Morgan fingerprint density at radius 1 is 0.935 bits per heavy atom. The number of carbonyl (C=O) groups is 2. The largest absolute Gasteiger partial charge is 0.494 e. The van der Waals surface area contributed by atoms with E-state index in [2.05, 4.69) is 30.8 Å². The van der Waals surface area contributed by atoms with Gasteiger partial charge in [-0.1, -0.05) is 18.2 Å². The molecule has 0 aliphatic heterocycles. The number of benzene rings is 2. The molecule has 0 spiro atoms. The van der Waals surface area contributed by atoms with Crippen molar-refractivity contribution < 1.29 is 28.9 Å². The van der Waals surface area contributed by atoms with Gasteiger partial charge in [0.15, 0.2) is 11.6 Å². The number of ether oxygens (including phenoxy) is 3. The van der Waals surface area contributed by atoms with E-state index in [1.54, 1.807) is 18.3 Å². The lowest BCUT2D eigenvalue weighted by molar-refractivity contribution is -0.142. The maximum atomic E-state index is 13.1. The molecule has 0 saturated carbocycles. The van der Waals surface area contributed by atoms with Crippen LogP contribution in [0.2, 0.25) is 0 Å². The molecule has 2 aromatic carbocycles. The van der Waals surface area contributed by atoms with Gasteiger partial charge in [0.2, 0.25) is 0 Å². The van der Waals surface area contributed by atoms with Gasteiger partial charge in [-0.2, -0.15) is 0 Å². The number of amides is 1. The molecule has 1 atom stereocenters. The molecule has 0 fully saturated rings. The summed E-state index contributed by atoms with van der Waals surface area (Å²) in [6.45, 7) is 4.26. The lowest BCUT2D eigenvalue weighted by Crippen LogP contribution is -2.26. The molecule has 2 heterocycles. The van der Waals surface area contributed by atoms with Crippen LogP contribution in [0.4, 0.5) is 5.69 Å². The van der Waals surface area contributed by atoms with E-state index in [-0.39, 0.29) is 18.6 Å². The molecule has 3 N–H and O–H groups in total. The summed E-state index contributed by atoms with van der Waals surface area (Å²) in [5, 5.41) is 23.5. The maximum Gasteiger partial charge on any atom is 0.329 e. The van der Waals surface area contributed by atoms with Gasteiger partial charge < -0.3 is 34.5 Å². The molecule has 46 heavy (non-hydrogen) atoms. The smallest absolute Gasteiger partial charge is 0.329 e. The minimum absolute atomic E-state index is 0.179. The van der Waals surface area contributed by atoms with Gasteiger partial charge >= 0.3 is 5.97 Å². The number of anilines is 1. The molecule has 4 aromatic rings. The van der Waals surface area contributed by atoms with Crippen LogP contribution in [0.15, 0.2) is 67.1 Å². The summed E-state index contributed by atoms with van der Waals surface area (Å²) in [5.41, 5.74) is 2.97. The molecule has 0 aliphatic carbocycles. The monoisotopic (exact) mass is 631 g/mol. The molecule has 4 rings (SSSR count). The van der Waals surface area contributed by atoms with Crippen molar-refractivity contribution in [2.75, 3.05) is 38.4 Å². The molecule has 0 aliphatic rings. The predicted octanol–water partition coefficient (Wildman–Crippen LogP) is 4.43. The van der Waals surface area contributed by atoms with E-state index in [0.717, 1.165) is 42.1 Å². The summed E-state index contributed by atoms with van der Waals surface area (Å²) < 4.78 is 18.3. The number of carbonyl (C=O) groups excluding carboxylic acids is 1. The lowest BCUT2D eigenvalue weighted by Gasteiger charge is -2.16. The second-order valence-corrected chi connectivity index (χ2v) is 10.6. The van der Waals surface area contributed by atoms with Crippen LogP contribution in [0.5, 0.6) is 5.75 Å². The van der Waals surface area contributed by atoms with Crippen LogP contribution < -0.4 is 15.4 Å². The highest BCUT2D eigenvalue weighted by Crippen LogP contribution is 2.21. The lowest BCUT2D eigenvalue weighted by atomic mass is 10.1. The predicted molar refractivity (Wildman–Crippen MR) is 171 cm³/mol. The van der Waals surface area contributed by atoms with Gasteiger partial charge in [0.25, 0.3) is 5.91 Å². The van der Waals surface area contributed by atoms with E-state index in [1.807, 2.05) is 61.0 Å². The van der Waals surface area contributed by atoms with Crippen LogP contribution in [-0.2, 0) is 27.9 Å². The van der Waals surface area contributed by atoms with Gasteiger partial charge in [0, 0.05) is 44.3 Å². The van der Waals surface area contributed by atoms with Gasteiger partial charge in [-0.3, -0.25) is 4.79 Å². The summed E-state index contributed by atoms with van der Waals surface area (Å²) in [5.74, 6) is 0.987. The fourth-order valence-electron chi connectivity index (χ4n) is 4.55. The SMILES string of the molecule is CC(NC(=O)c1cccc(NCc2nnc(-c3ccncn3)n2C)c1)c1cccc(OCCCCCOCCCOCC(=O)O)c1. The van der Waals surface area contributed by atoms with Crippen LogP contribution >= 0.6 is 0 Å². The van der Waals surface area contributed by atoms with E-state index < -0.39 is 5.97 Å². The second kappa shape index (κ2) is 18.2. The average molecular weight is 632 g/mol. The number of carboxylic acids is 1. The average Bonchev–Trinajstić information content (AvgIpc) is 3.44. The number of rotatable bonds is 20. The fraction of sp³-hybridized carbons (Fsp3) is 0.394. The van der Waals surface area contributed by atoms with Crippen LogP contribution in [0.1, 0.15) is 60.4 Å². The number of aromatic nitrogens is 5. The Labute approximate surface area is 268 Å². The minimum Gasteiger partial charge on any atom is -0.494 e. The number of carboxylic acid groups (broad SMARTS) is 1. The third-order valence-corrected chi connectivity index (χ3v) is 7.06. The Hall–Kier alpha value is -4.88. The second-order valence-electron chi connectivity index (χ2n) is 10.6. The third-order valence-electron chi connectivity index (χ3n) is 7.06. The Bertz CT molecular complexity index is 1530. The molecule has 0 saturated heterocycles. The Morgan fingerprint density at radius 2 is 1.74 bits per heavy atom. The van der Waals surface area contributed by atoms with Crippen molar-refractivity contribution >= 4 is 17.6 Å². The summed E-state index contributed by atoms with van der Waals surface area (Å²) in [4.78, 5) is 31.7. The van der Waals surface area contributed by atoms with Gasteiger partial charge in [0.05, 0.1) is 19.2 Å². The first-order valence-corrected chi connectivity index (χ1v) is 15.3. The molecule has 13 heteroatoms. The standard InChI is InChI=1S/C33H41N7O6/c1-24(25-9-7-12-28(20-25)46-18-5-3-4-15-44-16-8-17-45-22-31(41)42)37-33(43)26-10-6-11-27(19-26)35-21-30-38-39-32(40(30)2)29-13-14-34-23-36-29/h6-7,9-14,19-20,23-24,35H,3-5,8,15-18,21-22H2,1-2H3,(H,37,43)(H,41,42). The van der Waals surface area contributed by atoms with Crippen LogP contribution in [0.3, 0.4) is 0 Å². The number of hydrogen-bond donors (Lipinski definition) is 3. The van der Waals surface area contributed by atoms with Crippen molar-refractivity contribution in [1.82, 2.24) is 30.0 Å². The van der Waals surface area contributed by atoms with E-state index in [1.165, 1.54) is 6.33 Å². The highest BCUT2D eigenvalue weighted by Gasteiger charge is 2.14. The first-order chi connectivity index (χ1) is 22.4. The first kappa shape index (κ1) is 34.0. The Kier molecular flexibility index (Phi) is 13.4. The third kappa shape index (κ3) is 10.9. The maximum absolute atomic E-state index is 13.1.